The molecule has 38 heavy (non-hydrogen) atoms. The number of nitrogens with one attached hydrogen (secondary N) is 2. The number of aromatic nitrogens is 2. The molecule has 0 radical (unpaired) electrons. The highest BCUT2D eigenvalue weighted by atomic mass is 19.1. The Bertz CT molecular complexity index is 1730. The van der Waals surface area contributed by atoms with Crippen molar-refractivity contribution >= 4 is 22.5 Å². The van der Waals surface area contributed by atoms with Crippen molar-refractivity contribution in [3.8, 4) is 28.4 Å². The van der Waals surface area contributed by atoms with E-state index in [0.29, 0.717) is 33.7 Å². The number of halogens is 2. The molecule has 0 atom stereocenters. The van der Waals surface area contributed by atoms with E-state index in [1.54, 1.807) is 44.5 Å². The molecule has 0 unspecified atom stereocenters. The van der Waals surface area contributed by atoms with Gasteiger partial charge in [-0.1, -0.05) is 12.1 Å². The highest BCUT2D eigenvalue weighted by Crippen LogP contribution is 2.33. The predicted molar refractivity (Wildman–Crippen MR) is 140 cm³/mol. The molecule has 2 heterocycles. The van der Waals surface area contributed by atoms with Gasteiger partial charge in [-0.05, 0) is 61.0 Å². The van der Waals surface area contributed by atoms with E-state index in [1.165, 1.54) is 42.6 Å². The number of aromatic amines is 1. The molecule has 0 aliphatic heterocycles. The number of aryl methyl sites for hydroxylation is 1. The molecule has 0 aliphatic rings. The number of H-pyrrole nitrogens is 1. The molecule has 9 heteroatoms. The normalized spacial score (nSPS) is 10.8. The lowest BCUT2D eigenvalue weighted by Gasteiger charge is -2.12. The number of ether oxygens (including phenoxy) is 2. The summed E-state index contributed by atoms with van der Waals surface area (Å²) in [4.78, 5) is 33.2. The van der Waals surface area contributed by atoms with Crippen LogP contribution in [0.5, 0.6) is 17.2 Å². The van der Waals surface area contributed by atoms with Crippen LogP contribution < -0.4 is 20.2 Å². The number of amides is 1. The Hall–Kier alpha value is -5.05. The van der Waals surface area contributed by atoms with Crippen LogP contribution in [0.2, 0.25) is 0 Å². The number of nitrogens with zero attached hydrogens (tertiary/aromatic N) is 1. The second-order valence-electron chi connectivity index (χ2n) is 8.43. The number of rotatable bonds is 6. The van der Waals surface area contributed by atoms with Crippen LogP contribution >= 0.6 is 0 Å². The van der Waals surface area contributed by atoms with Crippen molar-refractivity contribution < 1.29 is 23.0 Å². The van der Waals surface area contributed by atoms with E-state index in [4.69, 9.17) is 9.47 Å². The van der Waals surface area contributed by atoms with Gasteiger partial charge >= 0.3 is 0 Å². The SMILES string of the molecule is COc1ccc2nccc(Oc3ccc(NC(=O)c4c[nH]c(C)c(-c5ccc(F)cc5)c4=O)cc3F)c2c1. The predicted octanol–water partition coefficient (Wildman–Crippen LogP) is 6.23. The maximum Gasteiger partial charge on any atom is 0.261 e. The summed E-state index contributed by atoms with van der Waals surface area (Å²) in [5, 5.41) is 3.18. The van der Waals surface area contributed by atoms with Crippen molar-refractivity contribution in [2.45, 2.75) is 6.92 Å². The molecule has 0 bridgehead atoms. The van der Waals surface area contributed by atoms with Gasteiger partial charge in [0.25, 0.3) is 5.91 Å². The van der Waals surface area contributed by atoms with Gasteiger partial charge in [-0.2, -0.15) is 0 Å². The van der Waals surface area contributed by atoms with Gasteiger partial charge < -0.3 is 19.8 Å². The van der Waals surface area contributed by atoms with E-state index in [9.17, 15) is 18.4 Å². The Kier molecular flexibility index (Phi) is 6.57. The smallest absolute Gasteiger partial charge is 0.261 e. The number of benzene rings is 3. The van der Waals surface area contributed by atoms with Crippen LogP contribution in [0.15, 0.2) is 83.9 Å². The van der Waals surface area contributed by atoms with Crippen molar-refractivity contribution in [2.24, 2.45) is 0 Å². The Morgan fingerprint density at radius 3 is 2.50 bits per heavy atom. The number of pyridine rings is 2. The van der Waals surface area contributed by atoms with Gasteiger partial charge in [0.1, 0.15) is 22.9 Å². The lowest BCUT2D eigenvalue weighted by atomic mass is 10.0. The van der Waals surface area contributed by atoms with E-state index in [0.717, 1.165) is 6.07 Å². The van der Waals surface area contributed by atoms with Gasteiger partial charge in [-0.25, -0.2) is 8.78 Å². The summed E-state index contributed by atoms with van der Waals surface area (Å²) in [6.07, 6.45) is 2.84. The van der Waals surface area contributed by atoms with Crippen molar-refractivity contribution in [3.05, 3.63) is 112 Å². The molecule has 3 aromatic carbocycles. The molecule has 2 N–H and O–H groups in total. The van der Waals surface area contributed by atoms with E-state index in [2.05, 4.69) is 15.3 Å². The fourth-order valence-electron chi connectivity index (χ4n) is 4.05. The van der Waals surface area contributed by atoms with Crippen molar-refractivity contribution in [2.75, 3.05) is 12.4 Å². The van der Waals surface area contributed by atoms with Gasteiger partial charge in [0.05, 0.1) is 12.6 Å². The van der Waals surface area contributed by atoms with Crippen LogP contribution in [0.25, 0.3) is 22.0 Å². The molecule has 0 aliphatic carbocycles. The van der Waals surface area contributed by atoms with Gasteiger partial charge in [0, 0.05) is 40.8 Å². The minimum Gasteiger partial charge on any atom is -0.497 e. The fraction of sp³-hybridized carbons (Fsp3) is 0.0690. The van der Waals surface area contributed by atoms with E-state index >= 15 is 0 Å². The molecule has 1 amide bonds. The number of hydrogen-bond acceptors (Lipinski definition) is 5. The van der Waals surface area contributed by atoms with Crippen LogP contribution in [0.1, 0.15) is 16.1 Å². The number of hydrogen-bond donors (Lipinski definition) is 2. The average molecular weight is 514 g/mol. The molecule has 5 rings (SSSR count). The second kappa shape index (κ2) is 10.1. The number of carbonyl (C=O) groups excluding carboxylic acids is 1. The molecule has 7 nitrogen and oxygen atoms in total. The molecule has 5 aromatic rings. The van der Waals surface area contributed by atoms with Crippen molar-refractivity contribution in [3.63, 3.8) is 0 Å². The molecule has 2 aromatic heterocycles. The summed E-state index contributed by atoms with van der Waals surface area (Å²) in [5.74, 6) is -0.977. The third-order valence-electron chi connectivity index (χ3n) is 5.98. The largest absolute Gasteiger partial charge is 0.497 e. The Morgan fingerprint density at radius 1 is 0.974 bits per heavy atom. The number of anilines is 1. The molecule has 0 fully saturated rings. The number of fused-ring (bicyclic) bond motifs is 1. The third-order valence-corrected chi connectivity index (χ3v) is 5.98. The van der Waals surface area contributed by atoms with Crippen LogP contribution in [0.3, 0.4) is 0 Å². The van der Waals surface area contributed by atoms with E-state index in [-0.39, 0.29) is 22.6 Å². The van der Waals surface area contributed by atoms with Crippen LogP contribution in [0.4, 0.5) is 14.5 Å². The summed E-state index contributed by atoms with van der Waals surface area (Å²) >= 11 is 0. The highest BCUT2D eigenvalue weighted by Gasteiger charge is 2.18. The Morgan fingerprint density at radius 2 is 1.76 bits per heavy atom. The topological polar surface area (TPSA) is 93.3 Å². The molecular formula is C29H21F2N3O4. The number of methoxy groups -OCH3 is 1. The van der Waals surface area contributed by atoms with E-state index < -0.39 is 23.0 Å². The Labute approximate surface area is 215 Å². The summed E-state index contributed by atoms with van der Waals surface area (Å²) in [7, 11) is 1.54. The van der Waals surface area contributed by atoms with Crippen LogP contribution in [-0.4, -0.2) is 23.0 Å². The van der Waals surface area contributed by atoms with E-state index in [1.807, 2.05) is 0 Å². The maximum absolute atomic E-state index is 15.0. The first-order valence-corrected chi connectivity index (χ1v) is 11.5. The molecule has 0 spiro atoms. The zero-order valence-corrected chi connectivity index (χ0v) is 20.3. The summed E-state index contributed by atoms with van der Waals surface area (Å²) in [6, 6.07) is 16.2. The highest BCUT2D eigenvalue weighted by molar-refractivity contribution is 6.04. The minimum atomic E-state index is -0.727. The first kappa shape index (κ1) is 24.6. The third kappa shape index (κ3) is 4.81. The van der Waals surface area contributed by atoms with Gasteiger partial charge in [0.15, 0.2) is 11.6 Å². The molecular weight excluding hydrogens is 492 g/mol. The van der Waals surface area contributed by atoms with Crippen molar-refractivity contribution in [1.29, 1.82) is 0 Å². The monoisotopic (exact) mass is 513 g/mol. The average Bonchev–Trinajstić information content (AvgIpc) is 2.91. The van der Waals surface area contributed by atoms with Gasteiger partial charge in [0.2, 0.25) is 5.43 Å². The zero-order chi connectivity index (χ0) is 26.8. The quantitative estimate of drug-likeness (QED) is 0.281. The Balaban J connectivity index is 1.39. The zero-order valence-electron chi connectivity index (χ0n) is 20.3. The van der Waals surface area contributed by atoms with Crippen LogP contribution in [0, 0.1) is 18.6 Å². The molecule has 0 saturated heterocycles. The lowest BCUT2D eigenvalue weighted by molar-refractivity contribution is 0.102. The lowest BCUT2D eigenvalue weighted by Crippen LogP contribution is -2.23. The minimum absolute atomic E-state index is 0.0647. The van der Waals surface area contributed by atoms with Crippen molar-refractivity contribution in [1.82, 2.24) is 9.97 Å². The van der Waals surface area contributed by atoms with Crippen LogP contribution in [-0.2, 0) is 0 Å². The maximum atomic E-state index is 15.0. The molecule has 190 valence electrons. The summed E-state index contributed by atoms with van der Waals surface area (Å²) in [6.45, 7) is 1.68. The van der Waals surface area contributed by atoms with Gasteiger partial charge in [-0.3, -0.25) is 14.6 Å². The standard InChI is InChI=1S/C29H21F2N3O4/c1-16-27(17-3-5-18(30)6-4-17)28(35)22(15-33-16)29(36)34-19-7-10-26(23(31)13-19)38-25-11-12-32-24-9-8-20(37-2)14-21(24)25/h3-15H,1-2H3,(H,33,35)(H,34,36). The first-order valence-electron chi connectivity index (χ1n) is 11.5. The number of carbonyl (C=O) groups is 1. The first-order chi connectivity index (χ1) is 18.3. The molecule has 0 saturated carbocycles. The summed E-state index contributed by atoms with van der Waals surface area (Å²) in [5.41, 5.74) is 1.30. The summed E-state index contributed by atoms with van der Waals surface area (Å²) < 4.78 is 39.4. The van der Waals surface area contributed by atoms with Gasteiger partial charge in [-0.15, -0.1) is 0 Å². The second-order valence-corrected chi connectivity index (χ2v) is 8.43. The fourth-order valence-corrected chi connectivity index (χ4v) is 4.05.